The zero-order valence-electron chi connectivity index (χ0n) is 14.4. The molecule has 1 aliphatic heterocycles. The van der Waals surface area contributed by atoms with Gasteiger partial charge in [0.2, 0.25) is 5.91 Å². The van der Waals surface area contributed by atoms with Crippen LogP contribution in [0.15, 0.2) is 0 Å². The minimum Gasteiger partial charge on any atom is -0.392 e. The Labute approximate surface area is 139 Å². The standard InChI is InChI=1S/C17H30N4O2/c1-3-15-11-20(8-9-21(15)10-14(2)22)12-16(23)19-17(13-18)6-4-5-7-17/h14-15,22H,3-12H2,1-2H3,(H,19,23)/t14-,15-/m1/s1. The van der Waals surface area contributed by atoms with E-state index < -0.39 is 5.54 Å². The number of carbonyl (C=O) groups excluding carboxylic acids is 1. The van der Waals surface area contributed by atoms with Crippen LogP contribution in [0.1, 0.15) is 46.0 Å². The van der Waals surface area contributed by atoms with Crippen LogP contribution >= 0.6 is 0 Å². The Morgan fingerprint density at radius 3 is 2.70 bits per heavy atom. The van der Waals surface area contributed by atoms with Gasteiger partial charge in [-0.1, -0.05) is 6.92 Å². The number of β-amino-alcohol motifs (C(OH)–C–C–N with tert-alkyl or cyclic N) is 1. The Morgan fingerprint density at radius 1 is 1.43 bits per heavy atom. The molecule has 0 bridgehead atoms. The number of piperazine rings is 1. The third-order valence-electron chi connectivity index (χ3n) is 5.08. The lowest BCUT2D eigenvalue weighted by Crippen LogP contribution is -2.57. The van der Waals surface area contributed by atoms with Crippen molar-refractivity contribution in [1.29, 1.82) is 5.26 Å². The maximum absolute atomic E-state index is 12.3. The summed E-state index contributed by atoms with van der Waals surface area (Å²) >= 11 is 0. The molecule has 23 heavy (non-hydrogen) atoms. The van der Waals surface area contributed by atoms with E-state index in [4.69, 9.17) is 0 Å². The predicted octanol–water partition coefficient (Wildman–Crippen LogP) is 0.716. The molecule has 1 amide bonds. The molecule has 0 unspecified atom stereocenters. The van der Waals surface area contributed by atoms with Gasteiger partial charge in [0.05, 0.1) is 18.7 Å². The van der Waals surface area contributed by atoms with Gasteiger partial charge in [-0.25, -0.2) is 0 Å². The van der Waals surface area contributed by atoms with Gasteiger partial charge in [0, 0.05) is 32.2 Å². The van der Waals surface area contributed by atoms with E-state index in [9.17, 15) is 15.2 Å². The minimum atomic E-state index is -0.630. The van der Waals surface area contributed by atoms with E-state index in [1.807, 2.05) is 6.92 Å². The van der Waals surface area contributed by atoms with E-state index >= 15 is 0 Å². The van der Waals surface area contributed by atoms with E-state index in [-0.39, 0.29) is 12.0 Å². The van der Waals surface area contributed by atoms with Crippen molar-refractivity contribution < 1.29 is 9.90 Å². The van der Waals surface area contributed by atoms with Crippen molar-refractivity contribution in [2.24, 2.45) is 0 Å². The molecule has 1 aliphatic carbocycles. The number of aliphatic hydroxyl groups is 1. The smallest absolute Gasteiger partial charge is 0.235 e. The summed E-state index contributed by atoms with van der Waals surface area (Å²) in [4.78, 5) is 16.8. The molecule has 0 aromatic rings. The fraction of sp³-hybridized carbons (Fsp3) is 0.882. The topological polar surface area (TPSA) is 79.6 Å². The lowest BCUT2D eigenvalue weighted by molar-refractivity contribution is -0.124. The van der Waals surface area contributed by atoms with Gasteiger partial charge in [0.1, 0.15) is 5.54 Å². The molecule has 0 aromatic carbocycles. The van der Waals surface area contributed by atoms with Crippen LogP contribution in [-0.4, -0.2) is 71.2 Å². The van der Waals surface area contributed by atoms with Gasteiger partial charge >= 0.3 is 0 Å². The van der Waals surface area contributed by atoms with Gasteiger partial charge in [-0.2, -0.15) is 5.26 Å². The number of carbonyl (C=O) groups is 1. The first-order valence-electron chi connectivity index (χ1n) is 8.85. The highest BCUT2D eigenvalue weighted by atomic mass is 16.3. The molecule has 2 aliphatic rings. The summed E-state index contributed by atoms with van der Waals surface area (Å²) in [6.45, 7) is 7.56. The van der Waals surface area contributed by atoms with Crippen LogP contribution in [0.2, 0.25) is 0 Å². The van der Waals surface area contributed by atoms with Crippen molar-refractivity contribution in [2.45, 2.75) is 63.6 Å². The van der Waals surface area contributed by atoms with E-state index in [0.29, 0.717) is 19.1 Å². The summed E-state index contributed by atoms with van der Waals surface area (Å²) in [6.07, 6.45) is 4.27. The molecule has 1 heterocycles. The van der Waals surface area contributed by atoms with Gasteiger partial charge in [-0.05, 0) is 39.0 Å². The highest BCUT2D eigenvalue weighted by Crippen LogP contribution is 2.28. The zero-order chi connectivity index (χ0) is 16.9. The van der Waals surface area contributed by atoms with E-state index in [1.54, 1.807) is 0 Å². The molecule has 1 saturated carbocycles. The number of rotatable bonds is 6. The van der Waals surface area contributed by atoms with Gasteiger partial charge in [-0.15, -0.1) is 0 Å². The molecular weight excluding hydrogens is 292 g/mol. The van der Waals surface area contributed by atoms with Gasteiger partial charge in [0.15, 0.2) is 0 Å². The van der Waals surface area contributed by atoms with Crippen molar-refractivity contribution in [3.8, 4) is 6.07 Å². The fourth-order valence-electron chi connectivity index (χ4n) is 3.82. The molecule has 2 N–H and O–H groups in total. The second-order valence-corrected chi connectivity index (χ2v) is 7.09. The van der Waals surface area contributed by atoms with Crippen LogP contribution in [0.4, 0.5) is 0 Å². The third-order valence-corrected chi connectivity index (χ3v) is 5.08. The number of amides is 1. The van der Waals surface area contributed by atoms with Crippen LogP contribution in [0.3, 0.4) is 0 Å². The minimum absolute atomic E-state index is 0.0349. The van der Waals surface area contributed by atoms with E-state index in [1.165, 1.54) is 0 Å². The predicted molar refractivity (Wildman–Crippen MR) is 88.7 cm³/mol. The summed E-state index contributed by atoms with van der Waals surface area (Å²) in [7, 11) is 0. The number of hydrogen-bond acceptors (Lipinski definition) is 5. The second kappa shape index (κ2) is 8.09. The van der Waals surface area contributed by atoms with Crippen molar-refractivity contribution in [2.75, 3.05) is 32.7 Å². The Kier molecular flexibility index (Phi) is 6.40. The Balaban J connectivity index is 1.84. The van der Waals surface area contributed by atoms with Crippen LogP contribution in [0, 0.1) is 11.3 Å². The summed E-state index contributed by atoms with van der Waals surface area (Å²) in [5.41, 5.74) is -0.630. The summed E-state index contributed by atoms with van der Waals surface area (Å²) < 4.78 is 0. The molecule has 2 fully saturated rings. The molecule has 6 nitrogen and oxygen atoms in total. The van der Waals surface area contributed by atoms with Crippen molar-refractivity contribution in [3.05, 3.63) is 0 Å². The van der Waals surface area contributed by atoms with Gasteiger partial charge in [0.25, 0.3) is 0 Å². The third kappa shape index (κ3) is 4.90. The van der Waals surface area contributed by atoms with Crippen molar-refractivity contribution in [1.82, 2.24) is 15.1 Å². The molecule has 2 rings (SSSR count). The van der Waals surface area contributed by atoms with Crippen molar-refractivity contribution >= 4 is 5.91 Å². The van der Waals surface area contributed by atoms with Gasteiger partial charge < -0.3 is 10.4 Å². The number of nitrogens with zero attached hydrogens (tertiary/aromatic N) is 3. The largest absolute Gasteiger partial charge is 0.392 e. The zero-order valence-corrected chi connectivity index (χ0v) is 14.4. The maximum Gasteiger partial charge on any atom is 0.235 e. The highest BCUT2D eigenvalue weighted by Gasteiger charge is 2.36. The number of nitrogens with one attached hydrogen (secondary N) is 1. The van der Waals surface area contributed by atoms with E-state index in [0.717, 1.165) is 51.7 Å². The average Bonchev–Trinajstić information content (AvgIpc) is 2.97. The van der Waals surface area contributed by atoms with E-state index in [2.05, 4.69) is 28.1 Å². The highest BCUT2D eigenvalue weighted by molar-refractivity contribution is 5.79. The normalized spacial score (nSPS) is 26.6. The van der Waals surface area contributed by atoms with Crippen LogP contribution in [0.5, 0.6) is 0 Å². The molecule has 130 valence electrons. The molecule has 0 aromatic heterocycles. The number of nitriles is 1. The molecular formula is C17H30N4O2. The molecule has 1 saturated heterocycles. The quantitative estimate of drug-likeness (QED) is 0.753. The molecule has 6 heteroatoms. The summed E-state index contributed by atoms with van der Waals surface area (Å²) in [5.74, 6) is -0.0349. The first-order valence-corrected chi connectivity index (χ1v) is 8.85. The van der Waals surface area contributed by atoms with Crippen LogP contribution < -0.4 is 5.32 Å². The van der Waals surface area contributed by atoms with Crippen molar-refractivity contribution in [3.63, 3.8) is 0 Å². The van der Waals surface area contributed by atoms with Gasteiger partial charge in [-0.3, -0.25) is 14.6 Å². The van der Waals surface area contributed by atoms with Crippen LogP contribution in [0.25, 0.3) is 0 Å². The summed E-state index contributed by atoms with van der Waals surface area (Å²) in [5, 5.41) is 21.9. The summed E-state index contributed by atoms with van der Waals surface area (Å²) in [6, 6.07) is 2.69. The molecule has 0 spiro atoms. The number of aliphatic hydroxyl groups excluding tert-OH is 1. The SMILES string of the molecule is CC[C@@H]1CN(CC(=O)NC2(C#N)CCCC2)CCN1C[C@@H](C)O. The first kappa shape index (κ1) is 18.2. The molecule has 0 radical (unpaired) electrons. The Bertz CT molecular complexity index is 440. The monoisotopic (exact) mass is 322 g/mol. The Morgan fingerprint density at radius 2 is 2.13 bits per heavy atom. The lowest BCUT2D eigenvalue weighted by atomic mass is 10.00. The number of hydrogen-bond donors (Lipinski definition) is 2. The first-order chi connectivity index (χ1) is 11.0. The second-order valence-electron chi connectivity index (χ2n) is 7.09. The maximum atomic E-state index is 12.3. The molecule has 2 atom stereocenters. The van der Waals surface area contributed by atoms with Crippen LogP contribution in [-0.2, 0) is 4.79 Å². The fourth-order valence-corrected chi connectivity index (χ4v) is 3.82. The lowest BCUT2D eigenvalue weighted by Gasteiger charge is -2.41. The Hall–Kier alpha value is -1.16. The average molecular weight is 322 g/mol.